The Bertz CT molecular complexity index is 519. The number of hydrogen-bond acceptors (Lipinski definition) is 7. The van der Waals surface area contributed by atoms with E-state index in [2.05, 4.69) is 28.1 Å². The number of unbranched alkanes of at least 4 members (excludes halogenated alkanes) is 15. The molecular weight excluding hydrogens is 546 g/mol. The van der Waals surface area contributed by atoms with E-state index in [-0.39, 0.29) is 6.10 Å². The molecule has 0 saturated carbocycles. The maximum Gasteiger partial charge on any atom is 0.104 e. The van der Waals surface area contributed by atoms with Crippen LogP contribution in [-0.2, 0) is 33.2 Å². The molecule has 1 atom stereocenters. The Balaban J connectivity index is 3.27. The molecule has 0 aliphatic rings. The van der Waals surface area contributed by atoms with Crippen molar-refractivity contribution in [2.45, 2.75) is 116 Å². The van der Waals surface area contributed by atoms with Gasteiger partial charge in [0.1, 0.15) is 12.6 Å². The van der Waals surface area contributed by atoms with Gasteiger partial charge in [-0.25, -0.2) is 0 Å². The molecule has 0 saturated heterocycles. The lowest BCUT2D eigenvalue weighted by atomic mass is 10.0. The minimum Gasteiger partial charge on any atom is -0.379 e. The van der Waals surface area contributed by atoms with Gasteiger partial charge in [-0.3, -0.25) is 0 Å². The summed E-state index contributed by atoms with van der Waals surface area (Å²) in [6.07, 6.45) is 22.1. The third-order valence-electron chi connectivity index (χ3n) is 7.48. The van der Waals surface area contributed by atoms with E-state index >= 15 is 0 Å². The summed E-state index contributed by atoms with van der Waals surface area (Å²) in [6, 6.07) is 0. The second kappa shape index (κ2) is 34.6. The molecule has 0 aromatic rings. The highest BCUT2D eigenvalue weighted by molar-refractivity contribution is 4.55. The molecule has 8 heteroatoms. The molecule has 0 spiro atoms. The van der Waals surface area contributed by atoms with Crippen LogP contribution in [0.2, 0.25) is 0 Å². The quantitative estimate of drug-likeness (QED) is 0.0544. The summed E-state index contributed by atoms with van der Waals surface area (Å²) in [5.41, 5.74) is 0. The molecule has 0 heterocycles. The van der Waals surface area contributed by atoms with Crippen molar-refractivity contribution in [3.63, 3.8) is 0 Å². The van der Waals surface area contributed by atoms with Crippen LogP contribution >= 0.6 is 0 Å². The minimum absolute atomic E-state index is 0.0348. The van der Waals surface area contributed by atoms with Gasteiger partial charge in [0.15, 0.2) is 0 Å². The van der Waals surface area contributed by atoms with E-state index in [1.54, 1.807) is 7.11 Å². The highest BCUT2D eigenvalue weighted by Crippen LogP contribution is 2.13. The SMILES string of the molecule is CCCCCCCCCCCCCCCCCCOCC(COCCOCCOCCOCCOCC[N+](C)(C)C)OC. The lowest BCUT2D eigenvalue weighted by Gasteiger charge is -2.23. The fourth-order valence-electron chi connectivity index (χ4n) is 4.58. The molecule has 0 aliphatic heterocycles. The number of rotatable bonds is 37. The molecule has 0 amide bonds. The average Bonchev–Trinajstić information content (AvgIpc) is 2.98. The van der Waals surface area contributed by atoms with Crippen molar-refractivity contribution in [2.75, 3.05) is 114 Å². The first kappa shape index (κ1) is 42.7. The van der Waals surface area contributed by atoms with Gasteiger partial charge < -0.3 is 37.6 Å². The van der Waals surface area contributed by atoms with Gasteiger partial charge in [-0.1, -0.05) is 103 Å². The number of methoxy groups -OCH3 is 1. The zero-order valence-corrected chi connectivity index (χ0v) is 29.4. The van der Waals surface area contributed by atoms with Crippen LogP contribution in [0.3, 0.4) is 0 Å². The van der Waals surface area contributed by atoms with E-state index in [0.717, 1.165) is 30.7 Å². The predicted octanol–water partition coefficient (Wildman–Crippen LogP) is 7.07. The molecule has 0 aliphatic carbocycles. The summed E-state index contributed by atoms with van der Waals surface area (Å²) in [5, 5.41) is 0. The van der Waals surface area contributed by atoms with Crippen molar-refractivity contribution in [3.05, 3.63) is 0 Å². The Morgan fingerprint density at radius 2 is 0.721 bits per heavy atom. The highest BCUT2D eigenvalue weighted by Gasteiger charge is 2.08. The summed E-state index contributed by atoms with van der Waals surface area (Å²) in [6.45, 7) is 10.5. The number of likely N-dealkylation sites (N-methyl/N-ethyl adjacent to an activating group) is 1. The fourth-order valence-corrected chi connectivity index (χ4v) is 4.58. The summed E-state index contributed by atoms with van der Waals surface area (Å²) >= 11 is 0. The smallest absolute Gasteiger partial charge is 0.104 e. The average molecular weight is 621 g/mol. The van der Waals surface area contributed by atoms with Crippen molar-refractivity contribution in [3.8, 4) is 0 Å². The maximum atomic E-state index is 5.82. The molecule has 0 fully saturated rings. The fraction of sp³-hybridized carbons (Fsp3) is 1.00. The van der Waals surface area contributed by atoms with Gasteiger partial charge in [0.05, 0.1) is 93.8 Å². The van der Waals surface area contributed by atoms with Crippen molar-refractivity contribution in [1.29, 1.82) is 0 Å². The highest BCUT2D eigenvalue weighted by atomic mass is 16.6. The lowest BCUT2D eigenvalue weighted by molar-refractivity contribution is -0.870. The number of ether oxygens (including phenoxy) is 7. The molecule has 260 valence electrons. The first-order chi connectivity index (χ1) is 21.0. The van der Waals surface area contributed by atoms with Gasteiger partial charge in [-0.05, 0) is 6.42 Å². The maximum absolute atomic E-state index is 5.82. The standard InChI is InChI=1S/C35H74NO7/c1-6-7-8-9-10-11-12-13-14-15-16-17-18-19-20-21-23-42-33-35(37-5)34-43-32-31-41-30-29-40-28-27-39-26-25-38-24-22-36(2,3)4/h35H,6-34H2,1-5H3/q+1. The van der Waals surface area contributed by atoms with Crippen molar-refractivity contribution in [1.82, 2.24) is 0 Å². The van der Waals surface area contributed by atoms with Crippen molar-refractivity contribution >= 4 is 0 Å². The van der Waals surface area contributed by atoms with Gasteiger partial charge in [-0.15, -0.1) is 0 Å². The van der Waals surface area contributed by atoms with E-state index in [0.29, 0.717) is 66.1 Å². The summed E-state index contributed by atoms with van der Waals surface area (Å²) in [7, 11) is 8.18. The third kappa shape index (κ3) is 37.8. The minimum atomic E-state index is -0.0348. The van der Waals surface area contributed by atoms with Crippen LogP contribution in [-0.4, -0.2) is 125 Å². The molecule has 0 N–H and O–H groups in total. The van der Waals surface area contributed by atoms with Crippen molar-refractivity contribution < 1.29 is 37.6 Å². The zero-order valence-electron chi connectivity index (χ0n) is 29.4. The van der Waals surface area contributed by atoms with Gasteiger partial charge >= 0.3 is 0 Å². The number of nitrogens with zero attached hydrogens (tertiary/aromatic N) is 1. The van der Waals surface area contributed by atoms with Gasteiger partial charge in [0.25, 0.3) is 0 Å². The summed E-state index contributed by atoms with van der Waals surface area (Å²) in [4.78, 5) is 0. The lowest BCUT2D eigenvalue weighted by Crippen LogP contribution is -2.37. The van der Waals surface area contributed by atoms with Crippen LogP contribution in [0.15, 0.2) is 0 Å². The molecule has 43 heavy (non-hydrogen) atoms. The van der Waals surface area contributed by atoms with Crippen LogP contribution < -0.4 is 0 Å². The largest absolute Gasteiger partial charge is 0.379 e. The Morgan fingerprint density at radius 3 is 1.09 bits per heavy atom. The predicted molar refractivity (Wildman–Crippen MR) is 178 cm³/mol. The second-order valence-corrected chi connectivity index (χ2v) is 12.8. The first-order valence-corrected chi connectivity index (χ1v) is 17.8. The van der Waals surface area contributed by atoms with E-state index in [1.165, 1.54) is 96.3 Å². The Labute approximate surface area is 267 Å². The van der Waals surface area contributed by atoms with Crippen LogP contribution in [0.25, 0.3) is 0 Å². The summed E-state index contributed by atoms with van der Waals surface area (Å²) < 4.78 is 40.1. The summed E-state index contributed by atoms with van der Waals surface area (Å²) in [5.74, 6) is 0. The van der Waals surface area contributed by atoms with Gasteiger partial charge in [0.2, 0.25) is 0 Å². The van der Waals surface area contributed by atoms with Crippen LogP contribution in [0.1, 0.15) is 110 Å². The van der Waals surface area contributed by atoms with Crippen LogP contribution in [0.5, 0.6) is 0 Å². The Hall–Kier alpha value is -0.320. The topological polar surface area (TPSA) is 64.6 Å². The number of hydrogen-bond donors (Lipinski definition) is 0. The molecular formula is C35H74NO7+. The van der Waals surface area contributed by atoms with Crippen LogP contribution in [0.4, 0.5) is 0 Å². The normalized spacial score (nSPS) is 12.8. The molecule has 0 rings (SSSR count). The molecule has 8 nitrogen and oxygen atoms in total. The third-order valence-corrected chi connectivity index (χ3v) is 7.48. The Kier molecular flexibility index (Phi) is 34.3. The Morgan fingerprint density at radius 1 is 0.395 bits per heavy atom. The van der Waals surface area contributed by atoms with E-state index in [4.69, 9.17) is 33.2 Å². The monoisotopic (exact) mass is 621 g/mol. The molecule has 0 bridgehead atoms. The first-order valence-electron chi connectivity index (χ1n) is 17.8. The molecule has 1 unspecified atom stereocenters. The van der Waals surface area contributed by atoms with E-state index < -0.39 is 0 Å². The van der Waals surface area contributed by atoms with E-state index in [1.807, 2.05) is 0 Å². The van der Waals surface area contributed by atoms with Crippen LogP contribution in [0, 0.1) is 0 Å². The van der Waals surface area contributed by atoms with Gasteiger partial charge in [0, 0.05) is 13.7 Å². The molecule has 0 radical (unpaired) electrons. The molecule has 0 aromatic carbocycles. The zero-order chi connectivity index (χ0) is 31.5. The van der Waals surface area contributed by atoms with Crippen molar-refractivity contribution in [2.24, 2.45) is 0 Å². The van der Waals surface area contributed by atoms with E-state index in [9.17, 15) is 0 Å². The molecule has 0 aromatic heterocycles. The second-order valence-electron chi connectivity index (χ2n) is 12.8. The van der Waals surface area contributed by atoms with Gasteiger partial charge in [-0.2, -0.15) is 0 Å². The number of quaternary nitrogens is 1.